The molecule has 1 aromatic carbocycles. The summed E-state index contributed by atoms with van der Waals surface area (Å²) in [5.74, 6) is 1.21. The smallest absolute Gasteiger partial charge is 0.310 e. The van der Waals surface area contributed by atoms with Crippen molar-refractivity contribution < 1.29 is 0 Å². The maximum Gasteiger partial charge on any atom is 0.341 e. The van der Waals surface area contributed by atoms with Crippen molar-refractivity contribution in [2.75, 3.05) is 10.6 Å². The largest absolute Gasteiger partial charge is 0.341 e. The zero-order valence-electron chi connectivity index (χ0n) is 8.38. The van der Waals surface area contributed by atoms with Crippen LogP contribution in [0.2, 0.25) is 0 Å². The number of anilines is 3. The summed E-state index contributed by atoms with van der Waals surface area (Å²) in [6.45, 7) is 0. The molecule has 5 heteroatoms. The lowest BCUT2D eigenvalue weighted by Crippen LogP contribution is -1.97. The highest BCUT2D eigenvalue weighted by molar-refractivity contribution is 5.87. The van der Waals surface area contributed by atoms with Crippen LogP contribution in [-0.4, -0.2) is 16.3 Å². The SMILES string of the molecule is C1=[N+]c2nc(Nc3ccccc3)ncc2N1. The summed E-state index contributed by atoms with van der Waals surface area (Å²) in [7, 11) is 0. The van der Waals surface area contributed by atoms with E-state index in [1.807, 2.05) is 30.3 Å². The number of aliphatic imine (C=N–C) groups is 1. The van der Waals surface area contributed by atoms with Crippen molar-refractivity contribution in [2.45, 2.75) is 0 Å². The zero-order valence-corrected chi connectivity index (χ0v) is 8.38. The molecule has 0 amide bonds. The molecule has 0 atom stereocenters. The predicted octanol–water partition coefficient (Wildman–Crippen LogP) is 1.64. The fraction of sp³-hybridized carbons (Fsp3) is 0. The van der Waals surface area contributed by atoms with E-state index in [4.69, 9.17) is 0 Å². The van der Waals surface area contributed by atoms with Crippen molar-refractivity contribution in [3.63, 3.8) is 0 Å². The van der Waals surface area contributed by atoms with Gasteiger partial charge in [-0.05, 0) is 12.1 Å². The first-order valence-corrected chi connectivity index (χ1v) is 4.90. The van der Waals surface area contributed by atoms with Crippen LogP contribution in [0.4, 0.5) is 23.1 Å². The van der Waals surface area contributed by atoms with Crippen molar-refractivity contribution in [3.8, 4) is 0 Å². The van der Waals surface area contributed by atoms with Crippen LogP contribution in [-0.2, 0) is 0 Å². The topological polar surface area (TPSA) is 63.9 Å². The Bertz CT molecular complexity index is 535. The van der Waals surface area contributed by atoms with E-state index in [1.54, 1.807) is 12.5 Å². The average molecular weight is 211 g/mol. The van der Waals surface area contributed by atoms with Gasteiger partial charge in [0, 0.05) is 5.69 Å². The Hall–Kier alpha value is -2.43. The van der Waals surface area contributed by atoms with Gasteiger partial charge in [-0.3, -0.25) is 5.32 Å². The normalized spacial score (nSPS) is 12.0. The fourth-order valence-corrected chi connectivity index (χ4v) is 1.45. The predicted molar refractivity (Wildman–Crippen MR) is 63.2 cm³/mol. The third-order valence-electron chi connectivity index (χ3n) is 2.21. The van der Waals surface area contributed by atoms with Gasteiger partial charge in [0.15, 0.2) is 5.69 Å². The van der Waals surface area contributed by atoms with E-state index in [0.717, 1.165) is 11.4 Å². The Labute approximate surface area is 92.3 Å². The molecule has 2 aromatic rings. The van der Waals surface area contributed by atoms with Gasteiger partial charge in [0.25, 0.3) is 0 Å². The number of fused-ring (bicyclic) bond motifs is 1. The lowest BCUT2D eigenvalue weighted by Gasteiger charge is -2.00. The van der Waals surface area contributed by atoms with Gasteiger partial charge < -0.3 is 5.32 Å². The summed E-state index contributed by atoms with van der Waals surface area (Å²) >= 11 is 0. The number of benzene rings is 1. The van der Waals surface area contributed by atoms with Gasteiger partial charge >= 0.3 is 11.8 Å². The second-order valence-corrected chi connectivity index (χ2v) is 3.32. The number of aromatic nitrogens is 2. The molecule has 0 bridgehead atoms. The number of nitrogens with one attached hydrogen (secondary N) is 2. The Morgan fingerprint density at radius 2 is 2.06 bits per heavy atom. The maximum absolute atomic E-state index is 4.27. The van der Waals surface area contributed by atoms with Crippen LogP contribution < -0.4 is 15.6 Å². The summed E-state index contributed by atoms with van der Waals surface area (Å²) in [5, 5.41) is 6.06. The van der Waals surface area contributed by atoms with E-state index in [2.05, 4.69) is 25.6 Å². The monoisotopic (exact) mass is 211 g/mol. The molecule has 16 heavy (non-hydrogen) atoms. The molecule has 1 aromatic heterocycles. The number of rotatable bonds is 2. The highest BCUT2D eigenvalue weighted by Crippen LogP contribution is 2.21. The Balaban J connectivity index is 1.88. The van der Waals surface area contributed by atoms with Gasteiger partial charge in [0.2, 0.25) is 6.34 Å². The molecule has 0 fully saturated rings. The van der Waals surface area contributed by atoms with E-state index in [0.29, 0.717) is 11.8 Å². The highest BCUT2D eigenvalue weighted by Gasteiger charge is 2.18. The van der Waals surface area contributed by atoms with Gasteiger partial charge in [0.05, 0.1) is 6.20 Å². The molecular weight excluding hydrogens is 202 g/mol. The van der Waals surface area contributed by atoms with E-state index in [9.17, 15) is 0 Å². The molecule has 3 rings (SSSR count). The number of nitrogens with zero attached hydrogens (tertiary/aromatic N) is 3. The molecule has 2 heterocycles. The van der Waals surface area contributed by atoms with Crippen LogP contribution >= 0.6 is 0 Å². The second kappa shape index (κ2) is 3.62. The number of para-hydroxylation sites is 1. The molecule has 1 radical (unpaired) electrons. The van der Waals surface area contributed by atoms with Crippen LogP contribution in [0.25, 0.3) is 0 Å². The molecule has 5 nitrogen and oxygen atoms in total. The van der Waals surface area contributed by atoms with Gasteiger partial charge in [-0.1, -0.05) is 28.2 Å². The molecule has 0 aliphatic carbocycles. The summed E-state index contributed by atoms with van der Waals surface area (Å²) in [4.78, 5) is 12.5. The first-order chi connectivity index (χ1) is 7.92. The standard InChI is InChI=1S/C11H9N5/c1-2-4-8(5-3-1)15-11-12-6-9-10(16-11)14-7-13-9/h1-7,13H,(H,12,15,16)/q+1. The summed E-state index contributed by atoms with van der Waals surface area (Å²) in [6.07, 6.45) is 3.31. The molecule has 77 valence electrons. The molecule has 2 N–H and O–H groups in total. The van der Waals surface area contributed by atoms with Crippen molar-refractivity contribution in [1.82, 2.24) is 15.0 Å². The molecular formula is C11H9N5+. The third kappa shape index (κ3) is 1.58. The molecule has 0 saturated heterocycles. The van der Waals surface area contributed by atoms with Crippen molar-refractivity contribution in [3.05, 3.63) is 36.5 Å². The fourth-order valence-electron chi connectivity index (χ4n) is 1.45. The van der Waals surface area contributed by atoms with Crippen LogP contribution in [0.5, 0.6) is 0 Å². The highest BCUT2D eigenvalue weighted by atomic mass is 15.2. The number of hydrogen-bond donors (Lipinski definition) is 2. The van der Waals surface area contributed by atoms with E-state index < -0.39 is 0 Å². The Morgan fingerprint density at radius 3 is 2.94 bits per heavy atom. The number of hydrogen-bond acceptors (Lipinski definition) is 5. The molecule has 0 unspecified atom stereocenters. The van der Waals surface area contributed by atoms with Crippen molar-refractivity contribution in [1.29, 1.82) is 0 Å². The third-order valence-corrected chi connectivity index (χ3v) is 2.21. The van der Waals surface area contributed by atoms with E-state index >= 15 is 0 Å². The van der Waals surface area contributed by atoms with Crippen LogP contribution in [0.3, 0.4) is 0 Å². The Morgan fingerprint density at radius 1 is 1.19 bits per heavy atom. The molecule has 0 saturated carbocycles. The van der Waals surface area contributed by atoms with Crippen molar-refractivity contribution >= 4 is 29.5 Å². The van der Waals surface area contributed by atoms with Crippen LogP contribution in [0.1, 0.15) is 0 Å². The van der Waals surface area contributed by atoms with Gasteiger partial charge in [0.1, 0.15) is 0 Å². The summed E-state index contributed by atoms with van der Waals surface area (Å²) in [5.41, 5.74) is 1.79. The van der Waals surface area contributed by atoms with Crippen LogP contribution in [0, 0.1) is 0 Å². The van der Waals surface area contributed by atoms with Gasteiger partial charge in [-0.2, -0.15) is 0 Å². The van der Waals surface area contributed by atoms with E-state index in [-0.39, 0.29) is 0 Å². The minimum absolute atomic E-state index is 0.547. The quantitative estimate of drug-likeness (QED) is 0.792. The van der Waals surface area contributed by atoms with Gasteiger partial charge in [-0.15, -0.1) is 0 Å². The maximum atomic E-state index is 4.27. The minimum atomic E-state index is 0.547. The summed E-state index contributed by atoms with van der Waals surface area (Å²) in [6, 6.07) is 9.78. The minimum Gasteiger partial charge on any atom is -0.310 e. The van der Waals surface area contributed by atoms with Crippen molar-refractivity contribution in [2.24, 2.45) is 0 Å². The molecule has 0 spiro atoms. The van der Waals surface area contributed by atoms with E-state index in [1.165, 1.54) is 0 Å². The lowest BCUT2D eigenvalue weighted by molar-refractivity contribution is 1.14. The zero-order chi connectivity index (χ0) is 10.8. The molecule has 1 aliphatic heterocycles. The first-order valence-electron chi connectivity index (χ1n) is 4.90. The van der Waals surface area contributed by atoms with Crippen LogP contribution in [0.15, 0.2) is 36.5 Å². The second-order valence-electron chi connectivity index (χ2n) is 3.32. The molecule has 1 aliphatic rings. The first kappa shape index (κ1) is 8.84. The Kier molecular flexibility index (Phi) is 2.00. The average Bonchev–Trinajstić information content (AvgIpc) is 2.77. The summed E-state index contributed by atoms with van der Waals surface area (Å²) < 4.78 is 0. The lowest BCUT2D eigenvalue weighted by atomic mass is 10.3. The van der Waals surface area contributed by atoms with Gasteiger partial charge in [-0.25, -0.2) is 4.98 Å².